The first-order valence-corrected chi connectivity index (χ1v) is 33.8. The number of primary amides is 1. The van der Waals surface area contributed by atoms with Crippen LogP contribution in [0, 0.1) is 17.8 Å². The zero-order chi connectivity index (χ0) is 68.5. The van der Waals surface area contributed by atoms with Gasteiger partial charge in [-0.15, -0.1) is 0 Å². The number of nitrogens with one attached hydrogen (secondary N) is 5. The number of alkyl halides is 2. The Morgan fingerprint density at radius 3 is 2.32 bits per heavy atom. The summed E-state index contributed by atoms with van der Waals surface area (Å²) in [5.74, 6) is -5.07. The lowest BCUT2D eigenvalue weighted by atomic mass is 9.83. The number of nitrogens with two attached hydrogens (primary N) is 1. The van der Waals surface area contributed by atoms with Crippen LogP contribution >= 0.6 is 43.5 Å². The fourth-order valence-corrected chi connectivity index (χ4v) is 13.2. The number of carbonyl (C=O) groups excluding carboxylic acids is 9. The molecule has 93 heavy (non-hydrogen) atoms. The summed E-state index contributed by atoms with van der Waals surface area (Å²) >= 11 is 13.5. The zero-order valence-electron chi connectivity index (χ0n) is 54.4. The number of morpholine rings is 1. The summed E-state index contributed by atoms with van der Waals surface area (Å²) in [4.78, 5) is 127. The summed E-state index contributed by atoms with van der Waals surface area (Å²) < 4.78 is 40.8. The van der Waals surface area contributed by atoms with Crippen molar-refractivity contribution in [3.05, 3.63) is 70.3 Å². The topological polar surface area (TPSA) is 338 Å². The Bertz CT molecular complexity index is 3080. The van der Waals surface area contributed by atoms with E-state index < -0.39 is 114 Å². The van der Waals surface area contributed by atoms with E-state index in [0.717, 1.165) is 11.1 Å². The van der Waals surface area contributed by atoms with Crippen molar-refractivity contribution < 1.29 is 81.4 Å². The van der Waals surface area contributed by atoms with Crippen molar-refractivity contribution in [2.45, 2.75) is 153 Å². The number of likely N-dealkylation sites (N-methyl/N-ethyl adjacent to an activating group) is 1. The third-order valence-corrected chi connectivity index (χ3v) is 19.1. The van der Waals surface area contributed by atoms with Crippen molar-refractivity contribution in [2.75, 3.05) is 93.5 Å². The summed E-state index contributed by atoms with van der Waals surface area (Å²) in [6, 6.07) is 3.80. The summed E-state index contributed by atoms with van der Waals surface area (Å²) in [5.41, 5.74) is 4.75. The number of epoxide rings is 1. The smallest absolute Gasteiger partial charge is 0.409 e. The predicted molar refractivity (Wildman–Crippen MR) is 354 cm³/mol. The number of carbonyl (C=O) groups is 9. The van der Waals surface area contributed by atoms with Crippen LogP contribution in [0.15, 0.2) is 54.1 Å². The van der Waals surface area contributed by atoms with Gasteiger partial charge in [0.1, 0.15) is 52.8 Å². The van der Waals surface area contributed by atoms with Gasteiger partial charge < -0.3 is 80.0 Å². The highest BCUT2D eigenvalue weighted by Gasteiger charge is 2.64. The fraction of sp³-hybridized carbons (Fsp3) is 0.609. The molecule has 2 aromatic rings. The number of nitrogens with zero attached hydrogens (tertiary/aromatic N) is 3. The lowest BCUT2D eigenvalue weighted by molar-refractivity contribution is -0.158. The van der Waals surface area contributed by atoms with Gasteiger partial charge in [-0.2, -0.15) is 0 Å². The van der Waals surface area contributed by atoms with Crippen LogP contribution < -0.4 is 46.9 Å². The van der Waals surface area contributed by atoms with E-state index in [9.17, 15) is 48.3 Å². The lowest BCUT2D eigenvalue weighted by Gasteiger charge is -2.42. The molecule has 0 saturated carbocycles. The second-order valence-electron chi connectivity index (χ2n) is 24.4. The molecule has 8 amide bonds. The maximum absolute atomic E-state index is 14.7. The molecule has 0 unspecified atom stereocenters. The lowest BCUT2D eigenvalue weighted by Crippen LogP contribution is -2.63. The molecular weight excluding hydrogens is 1360 g/mol. The van der Waals surface area contributed by atoms with Crippen LogP contribution in [0.4, 0.5) is 26.7 Å². The van der Waals surface area contributed by atoms with Crippen molar-refractivity contribution in [3.63, 3.8) is 0 Å². The number of urea groups is 1. The first-order chi connectivity index (χ1) is 44.1. The average Bonchev–Trinajstić information content (AvgIpc) is 1.58. The van der Waals surface area contributed by atoms with E-state index in [-0.39, 0.29) is 72.9 Å². The van der Waals surface area contributed by atoms with E-state index in [2.05, 4.69) is 58.4 Å². The number of benzene rings is 2. The van der Waals surface area contributed by atoms with Crippen LogP contribution in [0.3, 0.4) is 0 Å². The molecule has 10 atom stereocenters. The van der Waals surface area contributed by atoms with Crippen LogP contribution in [0.2, 0.25) is 5.02 Å². The van der Waals surface area contributed by atoms with E-state index in [4.69, 9.17) is 50.5 Å². The minimum Gasteiger partial charge on any atom is -0.495 e. The van der Waals surface area contributed by atoms with Crippen LogP contribution in [-0.2, 0) is 63.6 Å². The summed E-state index contributed by atoms with van der Waals surface area (Å²) in [7, 11) is 5.81. The number of esters is 2. The highest BCUT2D eigenvalue weighted by atomic mass is 79.9. The van der Waals surface area contributed by atoms with Crippen LogP contribution in [-0.4, -0.2) is 196 Å². The molecule has 0 spiro atoms. The Labute approximate surface area is 565 Å². The second kappa shape index (κ2) is 34.7. The van der Waals surface area contributed by atoms with Gasteiger partial charge in [-0.1, -0.05) is 88.0 Å². The maximum atomic E-state index is 14.7. The number of halogens is 3. The SMILES string of the molecule is COc1cc2cc(c1Cl)N(C)C(=O)C[C@H](OC(=O)[C@H](C)N(C)C(=O)c1ccc(NC(=O)[C@H](CCCNC(N)=O)NC(=O)[C@@H](NC(=O)CCCCCOC(=O)C(CBr)CBr)C(C)C)c(N3CCOCC3)c1)[C@]1(C)O[C@H]1[C@H](C)[C@@H]1C[C@@](O)(NC(=O)O1)[C@H](OC)/C=C/C=C(\C)C2. The number of alkyl carbamates (subject to hydrolysis) is 1. The van der Waals surface area contributed by atoms with Gasteiger partial charge in [0.25, 0.3) is 5.91 Å². The van der Waals surface area contributed by atoms with Gasteiger partial charge in [0.15, 0.2) is 5.72 Å². The standard InChI is InChI=1S/C64H90Br2ClN9O17/c1-36(2)54(72-51(77)19-12-11-13-25-90-60(83)42(34-65)35-66)57(80)71-44(17-15-22-69-61(68)84)56(79)70-43-21-20-41(31-45(43)76-23-26-89-27-24-76)58(81)74(7)39(5)59(82)92-50-32-52(78)75(8)46-29-40(30-47(87-9)53(46)67)28-37(3)16-14-18-49(88-10)64(86)33-48(91-62(85)73-64)38(4)55-63(50,6)93-55/h14,16,18,20-21,29-31,36,38-39,42,44,48-50,54-55,86H,11-13,15,17,19,22-28,32-35H2,1-10H3,(H,70,79)(H,71,80)(H,72,77)(H,73,85)(H3,68,69,84)/b18-14+,37-16+/t38-,39+,44+,48+,49-,50+,54+,55+,63+,64+/m1/s1. The van der Waals surface area contributed by atoms with Gasteiger partial charge in [0.2, 0.25) is 23.6 Å². The van der Waals surface area contributed by atoms with Gasteiger partial charge >= 0.3 is 24.1 Å². The van der Waals surface area contributed by atoms with E-state index >= 15 is 0 Å². The Kier molecular flexibility index (Phi) is 28.2. The molecule has 6 rings (SSSR count). The molecule has 3 saturated heterocycles. The number of fused-ring (bicyclic) bond motifs is 5. The van der Waals surface area contributed by atoms with Crippen LogP contribution in [0.1, 0.15) is 109 Å². The number of allylic oxidation sites excluding steroid dienone is 3. The summed E-state index contributed by atoms with van der Waals surface area (Å²) in [5, 5.41) is 26.6. The third-order valence-electron chi connectivity index (χ3n) is 17.2. The second-order valence-corrected chi connectivity index (χ2v) is 26.1. The van der Waals surface area contributed by atoms with E-state index in [1.54, 1.807) is 58.0 Å². The number of hydrogen-bond acceptors (Lipinski definition) is 18. The van der Waals surface area contributed by atoms with Crippen LogP contribution in [0.5, 0.6) is 5.75 Å². The van der Waals surface area contributed by atoms with Crippen LogP contribution in [0.25, 0.3) is 0 Å². The quantitative estimate of drug-likeness (QED) is 0.0182. The number of rotatable bonds is 26. The average molecular weight is 1450 g/mol. The van der Waals surface area contributed by atoms with Crippen molar-refractivity contribution in [1.29, 1.82) is 0 Å². The molecule has 0 radical (unpaired) electrons. The Morgan fingerprint density at radius 1 is 0.957 bits per heavy atom. The molecule has 4 aliphatic rings. The molecule has 3 fully saturated rings. The van der Waals surface area contributed by atoms with E-state index in [1.165, 1.54) is 57.2 Å². The summed E-state index contributed by atoms with van der Waals surface area (Å²) in [6.45, 7) is 11.9. The minimum atomic E-state index is -1.92. The summed E-state index contributed by atoms with van der Waals surface area (Å²) in [6.07, 6.45) is 1.93. The zero-order valence-corrected chi connectivity index (χ0v) is 58.4. The highest BCUT2D eigenvalue weighted by molar-refractivity contribution is 9.09. The molecular formula is C64H90Br2ClN9O17. The Morgan fingerprint density at radius 2 is 1.67 bits per heavy atom. The first kappa shape index (κ1) is 75.5. The molecule has 4 aliphatic heterocycles. The maximum Gasteiger partial charge on any atom is 0.409 e. The molecule has 2 aromatic carbocycles. The molecule has 26 nitrogen and oxygen atoms in total. The number of unbranched alkanes of at least 4 members (excludes halogenated alkanes) is 2. The van der Waals surface area contributed by atoms with E-state index in [1.807, 2.05) is 17.9 Å². The minimum absolute atomic E-state index is 0.0343. The molecule has 4 heterocycles. The number of hydrogen-bond donors (Lipinski definition) is 7. The fourth-order valence-electron chi connectivity index (χ4n) is 11.3. The van der Waals surface area contributed by atoms with Crippen molar-refractivity contribution >= 4 is 114 Å². The van der Waals surface area contributed by atoms with E-state index in [0.29, 0.717) is 79.8 Å². The Balaban J connectivity index is 1.22. The largest absolute Gasteiger partial charge is 0.495 e. The molecule has 0 aromatic heterocycles. The van der Waals surface area contributed by atoms with Crippen molar-refractivity contribution in [1.82, 2.24) is 26.2 Å². The number of anilines is 3. The molecule has 514 valence electrons. The number of amides is 8. The third kappa shape index (κ3) is 20.2. The predicted octanol–water partition coefficient (Wildman–Crippen LogP) is 6.19. The van der Waals surface area contributed by atoms with Gasteiger partial charge in [0, 0.05) is 75.8 Å². The monoisotopic (exact) mass is 1450 g/mol. The number of ether oxygens (including phenoxy) is 7. The van der Waals surface area contributed by atoms with Gasteiger partial charge in [0.05, 0.1) is 62.4 Å². The van der Waals surface area contributed by atoms with Crippen molar-refractivity contribution in [2.24, 2.45) is 23.5 Å². The molecule has 8 N–H and O–H groups in total. The van der Waals surface area contributed by atoms with Gasteiger partial charge in [-0.05, 0) is 101 Å². The van der Waals surface area contributed by atoms with Crippen molar-refractivity contribution in [3.8, 4) is 5.75 Å². The number of methoxy groups -OCH3 is 2. The van der Waals surface area contributed by atoms with Gasteiger partial charge in [-0.25, -0.2) is 14.4 Å². The molecule has 4 bridgehead atoms. The highest BCUT2D eigenvalue weighted by Crippen LogP contribution is 2.49. The van der Waals surface area contributed by atoms with Gasteiger partial charge in [-0.3, -0.25) is 34.1 Å². The number of aliphatic hydroxyl groups is 1. The normalized spacial score (nSPS) is 24.3. The molecule has 29 heteroatoms. The molecule has 0 aliphatic carbocycles. The Hall–Kier alpha value is -6.56. The first-order valence-electron chi connectivity index (χ1n) is 31.1.